The molecular weight excluding hydrogens is 312 g/mol. The molecule has 0 aliphatic rings. The molecule has 1 unspecified atom stereocenters. The van der Waals surface area contributed by atoms with Crippen LogP contribution in [0.15, 0.2) is 35.6 Å². The Morgan fingerprint density at radius 3 is 2.20 bits per heavy atom. The van der Waals surface area contributed by atoms with Gasteiger partial charge in [0.2, 0.25) is 0 Å². The van der Waals surface area contributed by atoms with E-state index < -0.39 is 0 Å². The third-order valence-electron chi connectivity index (χ3n) is 4.01. The number of hydrogen-bond donors (Lipinski definition) is 0. The first-order valence-corrected chi connectivity index (χ1v) is 9.81. The molecule has 0 saturated carbocycles. The largest absolute Gasteiger partial charge is 0.491 e. The number of carbonyl (C=O) groups is 1. The van der Waals surface area contributed by atoms with Crippen LogP contribution in [0.25, 0.3) is 0 Å². The minimum absolute atomic E-state index is 0.102. The van der Waals surface area contributed by atoms with Crippen molar-refractivity contribution in [1.29, 1.82) is 0 Å². The first-order chi connectivity index (χ1) is 12.0. The van der Waals surface area contributed by atoms with Gasteiger partial charge >= 0.3 is 5.97 Å². The minimum Gasteiger partial charge on any atom is -0.491 e. The SMILES string of the molecule is C\C=C(/C=C\C(=C/C)OC(CCC)CCCCC)COC(=O)C(C)C. The number of hydrogen-bond acceptors (Lipinski definition) is 3. The first kappa shape index (κ1) is 23.5. The predicted octanol–water partition coefficient (Wildman–Crippen LogP) is 6.36. The molecule has 0 aliphatic heterocycles. The van der Waals surface area contributed by atoms with Crippen LogP contribution in [0.1, 0.15) is 80.1 Å². The Morgan fingerprint density at radius 1 is 0.960 bits per heavy atom. The maximum atomic E-state index is 11.6. The fourth-order valence-corrected chi connectivity index (χ4v) is 2.34. The van der Waals surface area contributed by atoms with Crippen molar-refractivity contribution in [1.82, 2.24) is 0 Å². The van der Waals surface area contributed by atoms with E-state index in [1.165, 1.54) is 19.3 Å². The van der Waals surface area contributed by atoms with Crippen molar-refractivity contribution in [3.05, 3.63) is 35.6 Å². The number of carbonyl (C=O) groups excluding carboxylic acids is 1. The van der Waals surface area contributed by atoms with Crippen LogP contribution < -0.4 is 0 Å². The highest BCUT2D eigenvalue weighted by Gasteiger charge is 2.10. The van der Waals surface area contributed by atoms with Gasteiger partial charge in [0.15, 0.2) is 0 Å². The predicted molar refractivity (Wildman–Crippen MR) is 106 cm³/mol. The summed E-state index contributed by atoms with van der Waals surface area (Å²) in [6, 6.07) is 0. The summed E-state index contributed by atoms with van der Waals surface area (Å²) >= 11 is 0. The molecule has 0 saturated heterocycles. The number of esters is 1. The molecule has 0 N–H and O–H groups in total. The van der Waals surface area contributed by atoms with E-state index in [4.69, 9.17) is 9.47 Å². The summed E-state index contributed by atoms with van der Waals surface area (Å²) in [6.07, 6.45) is 15.2. The summed E-state index contributed by atoms with van der Waals surface area (Å²) < 4.78 is 11.5. The summed E-state index contributed by atoms with van der Waals surface area (Å²) in [7, 11) is 0. The van der Waals surface area contributed by atoms with E-state index >= 15 is 0 Å². The highest BCUT2D eigenvalue weighted by atomic mass is 16.5. The van der Waals surface area contributed by atoms with Crippen molar-refractivity contribution >= 4 is 5.97 Å². The van der Waals surface area contributed by atoms with Gasteiger partial charge in [-0.3, -0.25) is 4.79 Å². The summed E-state index contributed by atoms with van der Waals surface area (Å²) in [4.78, 5) is 11.6. The molecule has 0 aliphatic carbocycles. The molecule has 0 spiro atoms. The fourth-order valence-electron chi connectivity index (χ4n) is 2.34. The molecule has 0 amide bonds. The molecule has 0 heterocycles. The Balaban J connectivity index is 4.64. The molecule has 0 aromatic heterocycles. The van der Waals surface area contributed by atoms with Gasteiger partial charge < -0.3 is 9.47 Å². The lowest BCUT2D eigenvalue weighted by molar-refractivity contribution is -0.146. The molecule has 25 heavy (non-hydrogen) atoms. The molecule has 3 nitrogen and oxygen atoms in total. The van der Waals surface area contributed by atoms with Crippen molar-refractivity contribution in [2.75, 3.05) is 6.61 Å². The van der Waals surface area contributed by atoms with Crippen LogP contribution in [0, 0.1) is 5.92 Å². The Labute approximate surface area is 155 Å². The summed E-state index contributed by atoms with van der Waals surface area (Å²) in [5.74, 6) is 0.605. The van der Waals surface area contributed by atoms with Gasteiger partial charge in [0.25, 0.3) is 0 Å². The lowest BCUT2D eigenvalue weighted by Gasteiger charge is -2.19. The quantitative estimate of drug-likeness (QED) is 0.168. The zero-order valence-corrected chi connectivity index (χ0v) is 17.1. The maximum absolute atomic E-state index is 11.6. The normalized spacial score (nSPS) is 14.2. The zero-order valence-electron chi connectivity index (χ0n) is 17.1. The van der Waals surface area contributed by atoms with Gasteiger partial charge in [0, 0.05) is 0 Å². The molecule has 0 aromatic carbocycles. The second-order valence-corrected chi connectivity index (χ2v) is 6.67. The third-order valence-corrected chi connectivity index (χ3v) is 4.01. The van der Waals surface area contributed by atoms with Crippen molar-refractivity contribution in [2.45, 2.75) is 86.2 Å². The number of allylic oxidation sites excluding steroid dienone is 3. The second-order valence-electron chi connectivity index (χ2n) is 6.67. The average molecular weight is 351 g/mol. The Morgan fingerprint density at radius 2 is 1.68 bits per heavy atom. The smallest absolute Gasteiger partial charge is 0.308 e. The first-order valence-electron chi connectivity index (χ1n) is 9.81. The van der Waals surface area contributed by atoms with Crippen LogP contribution in [0.4, 0.5) is 0 Å². The monoisotopic (exact) mass is 350 g/mol. The molecule has 0 radical (unpaired) electrons. The van der Waals surface area contributed by atoms with E-state index in [0.717, 1.165) is 30.6 Å². The van der Waals surface area contributed by atoms with Crippen LogP contribution in [0.5, 0.6) is 0 Å². The van der Waals surface area contributed by atoms with E-state index in [1.54, 1.807) is 0 Å². The van der Waals surface area contributed by atoms with Gasteiger partial charge in [-0.05, 0) is 50.8 Å². The maximum Gasteiger partial charge on any atom is 0.308 e. The van der Waals surface area contributed by atoms with Crippen LogP contribution in [0.2, 0.25) is 0 Å². The zero-order chi connectivity index (χ0) is 19.1. The topological polar surface area (TPSA) is 35.5 Å². The van der Waals surface area contributed by atoms with E-state index in [-0.39, 0.29) is 18.0 Å². The Hall–Kier alpha value is -1.51. The third kappa shape index (κ3) is 11.6. The molecule has 144 valence electrons. The van der Waals surface area contributed by atoms with E-state index in [2.05, 4.69) is 13.8 Å². The molecule has 0 rings (SSSR count). The fraction of sp³-hybridized carbons (Fsp3) is 0.682. The van der Waals surface area contributed by atoms with Gasteiger partial charge in [0.05, 0.1) is 12.0 Å². The minimum atomic E-state index is -0.172. The number of rotatable bonds is 13. The van der Waals surface area contributed by atoms with Gasteiger partial charge in [-0.2, -0.15) is 0 Å². The summed E-state index contributed by atoms with van der Waals surface area (Å²) in [5, 5.41) is 0. The molecule has 0 bridgehead atoms. The van der Waals surface area contributed by atoms with Gasteiger partial charge in [-0.25, -0.2) is 0 Å². The average Bonchev–Trinajstić information content (AvgIpc) is 2.60. The van der Waals surface area contributed by atoms with Crippen molar-refractivity contribution in [2.24, 2.45) is 5.92 Å². The summed E-state index contributed by atoms with van der Waals surface area (Å²) in [5.41, 5.74) is 0.968. The van der Waals surface area contributed by atoms with E-state index in [9.17, 15) is 4.79 Å². The standard InChI is InChI=1S/C22H38O3/c1-7-11-12-14-21(13-8-2)25-20(10-4)16-15-19(9-3)17-24-22(23)18(5)6/h9-10,15-16,18,21H,7-8,11-14,17H2,1-6H3/b16-15-,19-9+,20-10+. The number of ether oxygens (including phenoxy) is 2. The van der Waals surface area contributed by atoms with Gasteiger partial charge in [0.1, 0.15) is 12.4 Å². The molecule has 3 heteroatoms. The Bertz CT molecular complexity index is 444. The van der Waals surface area contributed by atoms with E-state index in [1.807, 2.05) is 52.0 Å². The highest BCUT2D eigenvalue weighted by molar-refractivity contribution is 5.71. The molecule has 0 fully saturated rings. The Kier molecular flexibility index (Phi) is 13.9. The lowest BCUT2D eigenvalue weighted by Crippen LogP contribution is -2.13. The van der Waals surface area contributed by atoms with Crippen LogP contribution in [-0.4, -0.2) is 18.7 Å². The second kappa shape index (κ2) is 14.8. The lowest BCUT2D eigenvalue weighted by atomic mass is 10.1. The van der Waals surface area contributed by atoms with Gasteiger partial charge in [-0.1, -0.05) is 59.1 Å². The molecular formula is C22H38O3. The number of unbranched alkanes of at least 4 members (excludes halogenated alkanes) is 2. The van der Waals surface area contributed by atoms with Crippen molar-refractivity contribution in [3.8, 4) is 0 Å². The molecule has 1 atom stereocenters. The molecule has 0 aromatic rings. The van der Waals surface area contributed by atoms with Crippen molar-refractivity contribution < 1.29 is 14.3 Å². The van der Waals surface area contributed by atoms with E-state index in [0.29, 0.717) is 6.61 Å². The van der Waals surface area contributed by atoms with Crippen molar-refractivity contribution in [3.63, 3.8) is 0 Å². The van der Waals surface area contributed by atoms with Crippen LogP contribution in [0.3, 0.4) is 0 Å². The van der Waals surface area contributed by atoms with Gasteiger partial charge in [-0.15, -0.1) is 0 Å². The summed E-state index contributed by atoms with van der Waals surface area (Å²) in [6.45, 7) is 12.3. The van der Waals surface area contributed by atoms with Crippen LogP contribution in [-0.2, 0) is 14.3 Å². The highest BCUT2D eigenvalue weighted by Crippen LogP contribution is 2.17. The van der Waals surface area contributed by atoms with Crippen LogP contribution >= 0.6 is 0 Å².